The number of nitro groups is 1. The topological polar surface area (TPSA) is 63.4 Å². The highest BCUT2D eigenvalue weighted by Gasteiger charge is 2.30. The highest BCUT2D eigenvalue weighted by Crippen LogP contribution is 2.13. The zero-order valence-corrected chi connectivity index (χ0v) is 7.86. The highest BCUT2D eigenvalue weighted by atomic mass is 16.6. The summed E-state index contributed by atoms with van der Waals surface area (Å²) in [5.41, 5.74) is 0. The van der Waals surface area contributed by atoms with Gasteiger partial charge >= 0.3 is 0 Å². The molecular formula is C8H17NO3. The minimum Gasteiger partial charge on any atom is -0.386 e. The van der Waals surface area contributed by atoms with E-state index in [1.807, 2.05) is 6.92 Å². The Morgan fingerprint density at radius 1 is 1.50 bits per heavy atom. The van der Waals surface area contributed by atoms with Crippen LogP contribution in [0.1, 0.15) is 33.6 Å². The van der Waals surface area contributed by atoms with Crippen molar-refractivity contribution < 1.29 is 10.0 Å². The van der Waals surface area contributed by atoms with Gasteiger partial charge in [0.15, 0.2) is 0 Å². The van der Waals surface area contributed by atoms with Crippen LogP contribution in [0, 0.1) is 16.0 Å². The molecule has 0 fully saturated rings. The molecule has 0 spiro atoms. The molecule has 0 aromatic rings. The molecular weight excluding hydrogens is 158 g/mol. The van der Waals surface area contributed by atoms with E-state index in [-0.39, 0.29) is 10.8 Å². The van der Waals surface area contributed by atoms with E-state index in [0.717, 1.165) is 6.42 Å². The Morgan fingerprint density at radius 2 is 2.00 bits per heavy atom. The van der Waals surface area contributed by atoms with Gasteiger partial charge < -0.3 is 5.11 Å². The van der Waals surface area contributed by atoms with Crippen molar-refractivity contribution in [1.29, 1.82) is 0 Å². The largest absolute Gasteiger partial charge is 0.386 e. The summed E-state index contributed by atoms with van der Waals surface area (Å²) in [6.45, 7) is 5.46. The molecule has 0 heterocycles. The summed E-state index contributed by atoms with van der Waals surface area (Å²) in [4.78, 5) is 10.1. The number of aliphatic hydroxyl groups is 1. The fraction of sp³-hybridized carbons (Fsp3) is 1.00. The summed E-state index contributed by atoms with van der Waals surface area (Å²) in [5, 5.41) is 19.9. The Kier molecular flexibility index (Phi) is 4.81. The van der Waals surface area contributed by atoms with Crippen molar-refractivity contribution >= 4 is 0 Å². The molecule has 4 heteroatoms. The first-order valence-electron chi connectivity index (χ1n) is 4.32. The van der Waals surface area contributed by atoms with Crippen molar-refractivity contribution in [2.24, 2.45) is 5.92 Å². The Hall–Kier alpha value is -0.640. The summed E-state index contributed by atoms with van der Waals surface area (Å²) in [6.07, 6.45) is 0.363. The lowest BCUT2D eigenvalue weighted by Crippen LogP contribution is -2.37. The van der Waals surface area contributed by atoms with Crippen molar-refractivity contribution in [3.8, 4) is 0 Å². The van der Waals surface area contributed by atoms with Gasteiger partial charge in [-0.1, -0.05) is 20.8 Å². The number of rotatable bonds is 5. The molecule has 72 valence electrons. The van der Waals surface area contributed by atoms with Gasteiger partial charge in [-0.2, -0.15) is 0 Å². The van der Waals surface area contributed by atoms with Crippen LogP contribution in [-0.4, -0.2) is 22.2 Å². The molecule has 0 radical (unpaired) electrons. The standard InChI is InChI=1S/C8H17NO3/c1-4-5-7(9(11)12)8(10)6(2)3/h6-8,10H,4-5H2,1-3H3/t7-,8+/m1/s1. The summed E-state index contributed by atoms with van der Waals surface area (Å²) in [5.74, 6) is -0.0491. The minimum absolute atomic E-state index is 0.0491. The average Bonchev–Trinajstić information content (AvgIpc) is 1.98. The maximum absolute atomic E-state index is 10.5. The maximum Gasteiger partial charge on any atom is 0.238 e. The van der Waals surface area contributed by atoms with E-state index in [1.54, 1.807) is 13.8 Å². The van der Waals surface area contributed by atoms with Crippen LogP contribution >= 0.6 is 0 Å². The van der Waals surface area contributed by atoms with Gasteiger partial charge in [-0.25, -0.2) is 0 Å². The minimum atomic E-state index is -0.819. The first-order chi connectivity index (χ1) is 5.50. The molecule has 0 aliphatic heterocycles. The van der Waals surface area contributed by atoms with Crippen LogP contribution in [0.3, 0.4) is 0 Å². The zero-order chi connectivity index (χ0) is 9.72. The summed E-state index contributed by atoms with van der Waals surface area (Å²) >= 11 is 0. The van der Waals surface area contributed by atoms with Gasteiger partial charge in [0.2, 0.25) is 6.04 Å². The van der Waals surface area contributed by atoms with Gasteiger partial charge in [-0.3, -0.25) is 10.1 Å². The second-order valence-electron chi connectivity index (χ2n) is 3.38. The molecule has 0 saturated carbocycles. The van der Waals surface area contributed by atoms with Crippen LogP contribution < -0.4 is 0 Å². The van der Waals surface area contributed by atoms with Crippen LogP contribution in [0.5, 0.6) is 0 Å². The molecule has 4 nitrogen and oxygen atoms in total. The van der Waals surface area contributed by atoms with Crippen molar-refractivity contribution in [2.45, 2.75) is 45.8 Å². The van der Waals surface area contributed by atoms with Gasteiger partial charge in [0.25, 0.3) is 0 Å². The Morgan fingerprint density at radius 3 is 2.25 bits per heavy atom. The van der Waals surface area contributed by atoms with Crippen molar-refractivity contribution in [3.63, 3.8) is 0 Å². The predicted molar refractivity (Wildman–Crippen MR) is 46.5 cm³/mol. The molecule has 0 saturated heterocycles. The second-order valence-corrected chi connectivity index (χ2v) is 3.38. The van der Waals surface area contributed by atoms with Crippen LogP contribution in [0.25, 0.3) is 0 Å². The van der Waals surface area contributed by atoms with E-state index in [1.165, 1.54) is 0 Å². The molecule has 0 unspecified atom stereocenters. The number of hydrogen-bond acceptors (Lipinski definition) is 3. The summed E-state index contributed by atoms with van der Waals surface area (Å²) in [6, 6.07) is -0.796. The third kappa shape index (κ3) is 3.17. The molecule has 0 aliphatic carbocycles. The lowest BCUT2D eigenvalue weighted by Gasteiger charge is -2.18. The molecule has 1 N–H and O–H groups in total. The van der Waals surface area contributed by atoms with E-state index in [4.69, 9.17) is 0 Å². The van der Waals surface area contributed by atoms with E-state index in [9.17, 15) is 15.2 Å². The average molecular weight is 175 g/mol. The third-order valence-corrected chi connectivity index (χ3v) is 1.93. The quantitative estimate of drug-likeness (QED) is 0.508. The van der Waals surface area contributed by atoms with Crippen LogP contribution in [0.2, 0.25) is 0 Å². The van der Waals surface area contributed by atoms with E-state index in [2.05, 4.69) is 0 Å². The molecule has 12 heavy (non-hydrogen) atoms. The molecule has 0 aromatic carbocycles. The molecule has 0 amide bonds. The van der Waals surface area contributed by atoms with Crippen LogP contribution in [-0.2, 0) is 0 Å². The molecule has 0 rings (SSSR count). The number of nitrogens with zero attached hydrogens (tertiary/aromatic N) is 1. The van der Waals surface area contributed by atoms with Gasteiger partial charge in [0.05, 0.1) is 0 Å². The fourth-order valence-electron chi connectivity index (χ4n) is 1.14. The van der Waals surface area contributed by atoms with Gasteiger partial charge in [-0.15, -0.1) is 0 Å². The highest BCUT2D eigenvalue weighted by molar-refractivity contribution is 4.70. The normalized spacial score (nSPS) is 16.1. The van der Waals surface area contributed by atoms with E-state index >= 15 is 0 Å². The summed E-state index contributed by atoms with van der Waals surface area (Å²) in [7, 11) is 0. The Balaban J connectivity index is 4.18. The lowest BCUT2D eigenvalue weighted by atomic mass is 9.97. The predicted octanol–water partition coefficient (Wildman–Crippen LogP) is 1.45. The van der Waals surface area contributed by atoms with Gasteiger partial charge in [0.1, 0.15) is 6.10 Å². The maximum atomic E-state index is 10.5. The summed E-state index contributed by atoms with van der Waals surface area (Å²) < 4.78 is 0. The van der Waals surface area contributed by atoms with Crippen molar-refractivity contribution in [3.05, 3.63) is 10.1 Å². The van der Waals surface area contributed by atoms with Crippen molar-refractivity contribution in [1.82, 2.24) is 0 Å². The smallest absolute Gasteiger partial charge is 0.238 e. The molecule has 0 aliphatic rings. The number of hydrogen-bond donors (Lipinski definition) is 1. The first kappa shape index (κ1) is 11.4. The zero-order valence-electron chi connectivity index (χ0n) is 7.86. The second kappa shape index (κ2) is 5.09. The van der Waals surface area contributed by atoms with Gasteiger partial charge in [-0.05, 0) is 12.3 Å². The lowest BCUT2D eigenvalue weighted by molar-refractivity contribution is -0.537. The van der Waals surface area contributed by atoms with E-state index in [0.29, 0.717) is 6.42 Å². The molecule has 0 bridgehead atoms. The monoisotopic (exact) mass is 175 g/mol. The third-order valence-electron chi connectivity index (χ3n) is 1.93. The fourth-order valence-corrected chi connectivity index (χ4v) is 1.14. The Bertz CT molecular complexity index is 147. The SMILES string of the molecule is CCC[C@H]([C@@H](O)C(C)C)[N+](=O)[O-]. The Labute approximate surface area is 72.7 Å². The van der Waals surface area contributed by atoms with Gasteiger partial charge in [0, 0.05) is 11.3 Å². The first-order valence-corrected chi connectivity index (χ1v) is 4.32. The van der Waals surface area contributed by atoms with E-state index < -0.39 is 12.1 Å². The van der Waals surface area contributed by atoms with Crippen molar-refractivity contribution in [2.75, 3.05) is 0 Å². The number of aliphatic hydroxyl groups excluding tert-OH is 1. The molecule has 2 atom stereocenters. The van der Waals surface area contributed by atoms with Crippen LogP contribution in [0.4, 0.5) is 0 Å². The van der Waals surface area contributed by atoms with Crippen LogP contribution in [0.15, 0.2) is 0 Å². The molecule has 0 aromatic heterocycles.